The lowest BCUT2D eigenvalue weighted by Gasteiger charge is -2.62. The Balaban J connectivity index is 1.90. The molecule has 1 spiro atoms. The van der Waals surface area contributed by atoms with E-state index in [9.17, 15) is 9.59 Å². The summed E-state index contributed by atoms with van der Waals surface area (Å²) in [6.07, 6.45) is 1.67. The highest BCUT2D eigenvalue weighted by molar-refractivity contribution is 6.15. The molecule has 24 heavy (non-hydrogen) atoms. The maximum Gasteiger partial charge on any atom is 0.169 e. The van der Waals surface area contributed by atoms with Crippen LogP contribution in [0, 0.1) is 23.2 Å². The van der Waals surface area contributed by atoms with Gasteiger partial charge in [0.1, 0.15) is 0 Å². The van der Waals surface area contributed by atoms with Crippen molar-refractivity contribution in [3.63, 3.8) is 0 Å². The fourth-order valence-corrected chi connectivity index (χ4v) is 5.74. The van der Waals surface area contributed by atoms with Crippen molar-refractivity contribution in [2.24, 2.45) is 23.2 Å². The zero-order chi connectivity index (χ0) is 17.4. The van der Waals surface area contributed by atoms with Crippen LogP contribution in [-0.2, 0) is 19.1 Å². The van der Waals surface area contributed by atoms with E-state index in [1.54, 1.807) is 0 Å². The number of Topliss-reactive ketones (excluding diaryl/α,β-unsaturated/α-hetero) is 2. The molecule has 0 aromatic rings. The van der Waals surface area contributed by atoms with Crippen molar-refractivity contribution in [2.75, 3.05) is 0 Å². The molecule has 6 atom stereocenters. The Morgan fingerprint density at radius 2 is 2.08 bits per heavy atom. The molecule has 130 valence electrons. The summed E-state index contributed by atoms with van der Waals surface area (Å²) >= 11 is 0. The molecule has 0 amide bonds. The Bertz CT molecular complexity index is 673. The lowest BCUT2D eigenvalue weighted by molar-refractivity contribution is -0.340. The molecule has 2 aliphatic heterocycles. The van der Waals surface area contributed by atoms with Crippen LogP contribution < -0.4 is 0 Å². The highest BCUT2D eigenvalue weighted by Crippen LogP contribution is 2.67. The summed E-state index contributed by atoms with van der Waals surface area (Å²) in [6.45, 7) is 12.1. The summed E-state index contributed by atoms with van der Waals surface area (Å²) < 4.78 is 12.4. The number of carbonyl (C=O) groups is 2. The van der Waals surface area contributed by atoms with Crippen molar-refractivity contribution in [3.8, 4) is 0 Å². The molecule has 2 saturated carbocycles. The molecule has 0 N–H and O–H groups in total. The van der Waals surface area contributed by atoms with Crippen LogP contribution in [0.15, 0.2) is 23.3 Å². The van der Waals surface area contributed by atoms with E-state index in [0.29, 0.717) is 23.5 Å². The number of ether oxygens (including phenoxy) is 2. The van der Waals surface area contributed by atoms with Gasteiger partial charge in [0.2, 0.25) is 0 Å². The first-order valence-electron chi connectivity index (χ1n) is 9.07. The second kappa shape index (κ2) is 5.12. The second-order valence-electron chi connectivity index (χ2n) is 8.30. The number of fused-ring (bicyclic) bond motifs is 2. The third kappa shape index (κ3) is 1.81. The number of hydrogen-bond acceptors (Lipinski definition) is 4. The van der Waals surface area contributed by atoms with Crippen LogP contribution in [0.1, 0.15) is 47.0 Å². The maximum atomic E-state index is 13.1. The first kappa shape index (κ1) is 16.2. The summed E-state index contributed by atoms with van der Waals surface area (Å²) in [5.74, 6) is 0.300. The molecule has 4 nitrogen and oxygen atoms in total. The molecular formula is C20H26O4. The molecule has 3 aliphatic carbocycles. The summed E-state index contributed by atoms with van der Waals surface area (Å²) in [5, 5.41) is 0. The van der Waals surface area contributed by atoms with E-state index in [2.05, 4.69) is 13.5 Å². The van der Waals surface area contributed by atoms with Crippen LogP contribution in [-0.4, -0.2) is 30.1 Å². The van der Waals surface area contributed by atoms with Gasteiger partial charge in [-0.3, -0.25) is 9.59 Å². The molecule has 5 rings (SSSR count). The van der Waals surface area contributed by atoms with Gasteiger partial charge in [-0.05, 0) is 45.1 Å². The van der Waals surface area contributed by atoms with Crippen molar-refractivity contribution in [3.05, 3.63) is 23.3 Å². The van der Waals surface area contributed by atoms with Gasteiger partial charge in [0.15, 0.2) is 17.9 Å². The molecule has 2 heterocycles. The summed E-state index contributed by atoms with van der Waals surface area (Å²) in [5.41, 5.74) is 1.77. The molecule has 0 aromatic heterocycles. The quantitative estimate of drug-likeness (QED) is 0.797. The maximum absolute atomic E-state index is 13.1. The van der Waals surface area contributed by atoms with Gasteiger partial charge in [-0.2, -0.15) is 0 Å². The van der Waals surface area contributed by atoms with Gasteiger partial charge in [0, 0.05) is 28.9 Å². The van der Waals surface area contributed by atoms with Crippen LogP contribution in [0.4, 0.5) is 0 Å². The average Bonchev–Trinajstić information content (AvgIpc) is 2.80. The van der Waals surface area contributed by atoms with Gasteiger partial charge >= 0.3 is 0 Å². The molecule has 0 aromatic carbocycles. The van der Waals surface area contributed by atoms with E-state index in [-0.39, 0.29) is 47.3 Å². The Labute approximate surface area is 143 Å². The van der Waals surface area contributed by atoms with Gasteiger partial charge in [0.05, 0.1) is 18.1 Å². The number of allylic oxidation sites excluding steroid dienone is 3. The van der Waals surface area contributed by atoms with E-state index >= 15 is 0 Å². The zero-order valence-electron chi connectivity index (χ0n) is 14.9. The number of hydrogen-bond donors (Lipinski definition) is 0. The van der Waals surface area contributed by atoms with E-state index in [1.807, 2.05) is 20.8 Å². The third-order valence-electron chi connectivity index (χ3n) is 6.62. The molecule has 4 fully saturated rings. The standard InChI is InChI=1S/C20H26O4/c1-9(2)14-15-12(21)6-7-20-11(5)8-13(16(17(15)20)18(14)22)24-19(20)23-10(3)4/h10-11,13,16-17,19H,1,6-8H2,2-5H3/t11-,13+,16-,17-,19-,20-/m1/s1. The Morgan fingerprint density at radius 1 is 1.38 bits per heavy atom. The van der Waals surface area contributed by atoms with Crippen molar-refractivity contribution in [1.82, 2.24) is 0 Å². The number of carbonyl (C=O) groups excluding carboxylic acids is 2. The van der Waals surface area contributed by atoms with Gasteiger partial charge < -0.3 is 9.47 Å². The van der Waals surface area contributed by atoms with Crippen molar-refractivity contribution < 1.29 is 19.1 Å². The average molecular weight is 330 g/mol. The third-order valence-corrected chi connectivity index (χ3v) is 6.62. The van der Waals surface area contributed by atoms with E-state index in [0.717, 1.165) is 18.4 Å². The summed E-state index contributed by atoms with van der Waals surface area (Å²) in [7, 11) is 0. The minimum atomic E-state index is -0.326. The molecule has 4 heteroatoms. The van der Waals surface area contributed by atoms with E-state index < -0.39 is 0 Å². The highest BCUT2D eigenvalue weighted by Gasteiger charge is 2.70. The van der Waals surface area contributed by atoms with Crippen LogP contribution >= 0.6 is 0 Å². The fraction of sp³-hybridized carbons (Fsp3) is 0.700. The van der Waals surface area contributed by atoms with Gasteiger partial charge in [-0.15, -0.1) is 0 Å². The zero-order valence-corrected chi connectivity index (χ0v) is 14.9. The fourth-order valence-electron chi connectivity index (χ4n) is 5.74. The summed E-state index contributed by atoms with van der Waals surface area (Å²) in [4.78, 5) is 25.8. The molecule has 5 aliphatic rings. The van der Waals surface area contributed by atoms with Crippen molar-refractivity contribution in [1.29, 1.82) is 0 Å². The molecule has 2 bridgehead atoms. The number of ketones is 2. The van der Waals surface area contributed by atoms with Crippen LogP contribution in [0.2, 0.25) is 0 Å². The second-order valence-corrected chi connectivity index (χ2v) is 8.30. The molecule has 2 saturated heterocycles. The molecular weight excluding hydrogens is 304 g/mol. The summed E-state index contributed by atoms with van der Waals surface area (Å²) in [6, 6.07) is 0. The Kier molecular flexibility index (Phi) is 3.46. The van der Waals surface area contributed by atoms with E-state index in [4.69, 9.17) is 9.47 Å². The molecule has 0 unspecified atom stereocenters. The molecule has 0 radical (unpaired) electrons. The Morgan fingerprint density at radius 3 is 2.71 bits per heavy atom. The van der Waals surface area contributed by atoms with Gasteiger partial charge in [-0.25, -0.2) is 0 Å². The topological polar surface area (TPSA) is 52.6 Å². The van der Waals surface area contributed by atoms with Crippen molar-refractivity contribution in [2.45, 2.75) is 65.5 Å². The predicted octanol–water partition coefficient (Wildman–Crippen LogP) is 3.21. The highest BCUT2D eigenvalue weighted by atomic mass is 16.7. The SMILES string of the molecule is C=C(C)C1=C2C(=O)CC[C@@]34[C@H](OC(C)C)O[C@@H](C[C@H]3C)[C@@H](C1=O)[C@@H]24. The minimum Gasteiger partial charge on any atom is -0.349 e. The largest absolute Gasteiger partial charge is 0.349 e. The monoisotopic (exact) mass is 330 g/mol. The van der Waals surface area contributed by atoms with E-state index in [1.165, 1.54) is 0 Å². The van der Waals surface area contributed by atoms with Gasteiger partial charge in [0.25, 0.3) is 0 Å². The van der Waals surface area contributed by atoms with Crippen LogP contribution in [0.25, 0.3) is 0 Å². The Hall–Kier alpha value is -1.26. The lowest BCUT2D eigenvalue weighted by Crippen LogP contribution is -2.66. The lowest BCUT2D eigenvalue weighted by atomic mass is 9.49. The van der Waals surface area contributed by atoms with Crippen LogP contribution in [0.3, 0.4) is 0 Å². The normalized spacial score (nSPS) is 43.6. The van der Waals surface area contributed by atoms with Gasteiger partial charge in [-0.1, -0.05) is 13.5 Å². The first-order valence-corrected chi connectivity index (χ1v) is 9.07. The smallest absolute Gasteiger partial charge is 0.169 e. The predicted molar refractivity (Wildman–Crippen MR) is 89.2 cm³/mol. The van der Waals surface area contributed by atoms with Crippen molar-refractivity contribution >= 4 is 11.6 Å². The van der Waals surface area contributed by atoms with Crippen LogP contribution in [0.5, 0.6) is 0 Å². The number of rotatable bonds is 3. The first-order chi connectivity index (χ1) is 11.3. The minimum absolute atomic E-state index is 0.0517.